The lowest BCUT2D eigenvalue weighted by molar-refractivity contribution is -0.138. The van der Waals surface area contributed by atoms with Crippen molar-refractivity contribution in [2.75, 3.05) is 18.0 Å². The zero-order valence-electron chi connectivity index (χ0n) is 21.5. The molecule has 1 aliphatic heterocycles. The Hall–Kier alpha value is -4.21. The number of hydrogen-bond acceptors (Lipinski definition) is 6. The molecule has 4 aromatic rings. The van der Waals surface area contributed by atoms with Crippen molar-refractivity contribution in [2.45, 2.75) is 44.8 Å². The zero-order chi connectivity index (χ0) is 26.1. The number of carbonyl (C=O) groups is 2. The second-order valence-corrected chi connectivity index (χ2v) is 10.5. The number of nitrogens with zero attached hydrogens (tertiary/aromatic N) is 7. The summed E-state index contributed by atoms with van der Waals surface area (Å²) in [4.78, 5) is 39.5. The third-order valence-corrected chi connectivity index (χ3v) is 7.65. The molecule has 1 aliphatic carbocycles. The first-order chi connectivity index (χ1) is 18.5. The molecule has 1 spiro atoms. The molecule has 10 nitrogen and oxygen atoms in total. The lowest BCUT2D eigenvalue weighted by Gasteiger charge is -2.27. The van der Waals surface area contributed by atoms with Gasteiger partial charge in [-0.25, -0.2) is 9.97 Å². The Balaban J connectivity index is 1.11. The first kappa shape index (κ1) is 24.1. The van der Waals surface area contributed by atoms with Gasteiger partial charge in [0.15, 0.2) is 5.82 Å². The van der Waals surface area contributed by atoms with Crippen LogP contribution in [0, 0.1) is 5.41 Å². The fraction of sp³-hybridized carbons (Fsp3) is 0.393. The van der Waals surface area contributed by atoms with Gasteiger partial charge in [0, 0.05) is 64.0 Å². The van der Waals surface area contributed by atoms with E-state index >= 15 is 0 Å². The third kappa shape index (κ3) is 5.11. The quantitative estimate of drug-likeness (QED) is 0.370. The van der Waals surface area contributed by atoms with E-state index in [1.165, 1.54) is 0 Å². The number of hydrogen-bond donors (Lipinski definition) is 1. The predicted molar refractivity (Wildman–Crippen MR) is 142 cm³/mol. The highest BCUT2D eigenvalue weighted by molar-refractivity contribution is 5.88. The van der Waals surface area contributed by atoms with E-state index in [0.717, 1.165) is 36.3 Å². The molecule has 0 radical (unpaired) electrons. The summed E-state index contributed by atoms with van der Waals surface area (Å²) in [6.07, 6.45) is 10.5. The molecule has 1 atom stereocenters. The summed E-state index contributed by atoms with van der Waals surface area (Å²) < 4.78 is 3.60. The summed E-state index contributed by atoms with van der Waals surface area (Å²) in [5.74, 6) is 1.33. The van der Waals surface area contributed by atoms with Crippen LogP contribution in [0.5, 0.6) is 0 Å². The second kappa shape index (κ2) is 9.92. The zero-order valence-corrected chi connectivity index (χ0v) is 21.5. The molecule has 196 valence electrons. The predicted octanol–water partition coefficient (Wildman–Crippen LogP) is 2.56. The maximum atomic E-state index is 13.5. The van der Waals surface area contributed by atoms with E-state index < -0.39 is 6.04 Å². The molecule has 2 aliphatic rings. The van der Waals surface area contributed by atoms with Crippen LogP contribution >= 0.6 is 0 Å². The molecule has 3 aromatic heterocycles. The maximum absolute atomic E-state index is 13.5. The van der Waals surface area contributed by atoms with Gasteiger partial charge in [-0.2, -0.15) is 5.10 Å². The van der Waals surface area contributed by atoms with Gasteiger partial charge in [-0.1, -0.05) is 30.3 Å². The number of likely N-dealkylation sites (tertiary alicyclic amines) is 1. The van der Waals surface area contributed by atoms with Crippen LogP contribution in [0.2, 0.25) is 0 Å². The number of imidazole rings is 1. The largest absolute Gasteiger partial charge is 0.350 e. The monoisotopic (exact) mass is 512 g/mol. The highest BCUT2D eigenvalue weighted by atomic mass is 16.2. The van der Waals surface area contributed by atoms with Gasteiger partial charge in [0.1, 0.15) is 6.04 Å². The summed E-state index contributed by atoms with van der Waals surface area (Å²) in [7, 11) is 1.89. The first-order valence-corrected chi connectivity index (χ1v) is 13.1. The summed E-state index contributed by atoms with van der Waals surface area (Å²) in [5.41, 5.74) is 2.00. The normalized spacial score (nSPS) is 17.7. The van der Waals surface area contributed by atoms with Gasteiger partial charge in [0.25, 0.3) is 0 Å². The molecule has 1 saturated heterocycles. The van der Waals surface area contributed by atoms with E-state index in [4.69, 9.17) is 0 Å². The Bertz CT molecular complexity index is 1410. The number of aromatic nitrogens is 5. The van der Waals surface area contributed by atoms with Crippen LogP contribution < -0.4 is 10.2 Å². The van der Waals surface area contributed by atoms with Crippen LogP contribution in [0.25, 0.3) is 5.78 Å². The minimum absolute atomic E-state index is 0.0137. The van der Waals surface area contributed by atoms with Crippen LogP contribution in [-0.2, 0) is 29.7 Å². The summed E-state index contributed by atoms with van der Waals surface area (Å²) in [5, 5.41) is 7.59. The Morgan fingerprint density at radius 1 is 1.13 bits per heavy atom. The molecule has 4 heterocycles. The van der Waals surface area contributed by atoms with Gasteiger partial charge < -0.3 is 15.1 Å². The average molecular weight is 513 g/mol. The van der Waals surface area contributed by atoms with E-state index in [2.05, 4.69) is 37.4 Å². The van der Waals surface area contributed by atoms with Crippen molar-refractivity contribution < 1.29 is 9.59 Å². The fourth-order valence-corrected chi connectivity index (χ4v) is 5.38. The van der Waals surface area contributed by atoms with Crippen LogP contribution in [-0.4, -0.2) is 60.0 Å². The Kier molecular flexibility index (Phi) is 6.30. The molecule has 10 heteroatoms. The van der Waals surface area contributed by atoms with Crippen molar-refractivity contribution in [3.8, 4) is 0 Å². The highest BCUT2D eigenvalue weighted by Gasteiger charge is 2.55. The molecule has 2 amide bonds. The van der Waals surface area contributed by atoms with Crippen molar-refractivity contribution in [1.82, 2.24) is 34.4 Å². The molecule has 1 saturated carbocycles. The van der Waals surface area contributed by atoms with E-state index in [1.54, 1.807) is 10.9 Å². The van der Waals surface area contributed by atoms with Gasteiger partial charge in [-0.05, 0) is 36.3 Å². The van der Waals surface area contributed by atoms with Gasteiger partial charge in [-0.3, -0.25) is 18.7 Å². The smallest absolute Gasteiger partial charge is 0.243 e. The maximum Gasteiger partial charge on any atom is 0.243 e. The number of rotatable bonds is 9. The van der Waals surface area contributed by atoms with Gasteiger partial charge in [0.05, 0.1) is 12.2 Å². The number of carbonyl (C=O) groups excluding carboxylic acids is 2. The van der Waals surface area contributed by atoms with Crippen LogP contribution in [0.3, 0.4) is 0 Å². The molecule has 38 heavy (non-hydrogen) atoms. The van der Waals surface area contributed by atoms with E-state index in [1.807, 2.05) is 65.3 Å². The Morgan fingerprint density at radius 2 is 1.97 bits per heavy atom. The molecule has 0 unspecified atom stereocenters. The van der Waals surface area contributed by atoms with Crippen molar-refractivity contribution in [3.63, 3.8) is 0 Å². The van der Waals surface area contributed by atoms with Crippen LogP contribution in [0.4, 0.5) is 5.82 Å². The van der Waals surface area contributed by atoms with E-state index in [9.17, 15) is 9.59 Å². The Labute approximate surface area is 221 Å². The van der Waals surface area contributed by atoms with Crippen LogP contribution in [0.1, 0.15) is 36.9 Å². The SMILES string of the molecule is Cn1ccc(N(CCC(=O)N2CC3(CC3)C[C@@H]2C(=O)NCc2cn3cccnc3n2)Cc2ccccc2)n1. The number of anilines is 1. The lowest BCUT2D eigenvalue weighted by Crippen LogP contribution is -2.46. The second-order valence-electron chi connectivity index (χ2n) is 10.5. The number of aryl methyl sites for hydroxylation is 1. The highest BCUT2D eigenvalue weighted by Crippen LogP contribution is 2.54. The summed E-state index contributed by atoms with van der Waals surface area (Å²) in [6, 6.07) is 13.5. The lowest BCUT2D eigenvalue weighted by atomic mass is 10.0. The Morgan fingerprint density at radius 3 is 2.71 bits per heavy atom. The summed E-state index contributed by atoms with van der Waals surface area (Å²) in [6.45, 7) is 2.15. The van der Waals surface area contributed by atoms with Crippen LogP contribution in [0.15, 0.2) is 67.3 Å². The minimum Gasteiger partial charge on any atom is -0.350 e. The van der Waals surface area contributed by atoms with Crippen molar-refractivity contribution in [1.29, 1.82) is 0 Å². The molecule has 0 bridgehead atoms. The van der Waals surface area contributed by atoms with Gasteiger partial charge in [-0.15, -0.1) is 0 Å². The average Bonchev–Trinajstić information content (AvgIpc) is 3.23. The number of benzene rings is 1. The van der Waals surface area contributed by atoms with Crippen molar-refractivity contribution in [3.05, 3.63) is 78.5 Å². The van der Waals surface area contributed by atoms with Crippen molar-refractivity contribution >= 4 is 23.4 Å². The fourth-order valence-electron chi connectivity index (χ4n) is 5.38. The number of nitrogens with one attached hydrogen (secondary N) is 1. The van der Waals surface area contributed by atoms with E-state index in [0.29, 0.717) is 38.4 Å². The van der Waals surface area contributed by atoms with E-state index in [-0.39, 0.29) is 17.2 Å². The molecular formula is C28H32N8O2. The topological polar surface area (TPSA) is 101 Å². The molecule has 1 N–H and O–H groups in total. The van der Waals surface area contributed by atoms with Gasteiger partial charge >= 0.3 is 0 Å². The first-order valence-electron chi connectivity index (χ1n) is 13.1. The molecule has 1 aromatic carbocycles. The molecular weight excluding hydrogens is 480 g/mol. The molecule has 6 rings (SSSR count). The summed E-state index contributed by atoms with van der Waals surface area (Å²) >= 11 is 0. The standard InChI is InChI=1S/C28H32N8O2/c1-33-14-8-24(32-33)34(18-21-6-3-2-4-7-21)15-9-25(37)36-20-28(10-11-28)16-23(36)26(38)30-17-22-19-35-13-5-12-29-27(35)31-22/h2-8,12-14,19,23H,9-11,15-18,20H2,1H3,(H,30,38)/t23-/m1/s1. The van der Waals surface area contributed by atoms with Crippen molar-refractivity contribution in [2.24, 2.45) is 12.5 Å². The minimum atomic E-state index is -0.447. The third-order valence-electron chi connectivity index (χ3n) is 7.65. The number of amides is 2. The number of fused-ring (bicyclic) bond motifs is 1. The molecule has 2 fully saturated rings. The van der Waals surface area contributed by atoms with Gasteiger partial charge in [0.2, 0.25) is 17.6 Å².